The highest BCUT2D eigenvalue weighted by Crippen LogP contribution is 2.40. The molecule has 2 heterocycles. The number of benzene rings is 8. The van der Waals surface area contributed by atoms with E-state index in [1.807, 2.05) is 30.5 Å². The van der Waals surface area contributed by atoms with Crippen molar-refractivity contribution in [3.8, 4) is 33.6 Å². The molecular weight excluding hydrogens is 643 g/mol. The molecule has 3 heteroatoms. The van der Waals surface area contributed by atoms with Crippen LogP contribution in [0.15, 0.2) is 200 Å². The summed E-state index contributed by atoms with van der Waals surface area (Å²) in [4.78, 5) is 12.1. The van der Waals surface area contributed by atoms with Gasteiger partial charge in [0.15, 0.2) is 0 Å². The smallest absolute Gasteiger partial charge is 0.0972 e. The number of pyridine rings is 2. The van der Waals surface area contributed by atoms with Crippen molar-refractivity contribution in [2.24, 2.45) is 0 Å². The van der Waals surface area contributed by atoms with Crippen molar-refractivity contribution >= 4 is 60.3 Å². The summed E-state index contributed by atoms with van der Waals surface area (Å²) in [5.41, 5.74) is 10.5. The largest absolute Gasteiger partial charge is 0.311 e. The van der Waals surface area contributed by atoms with Crippen molar-refractivity contribution < 1.29 is 0 Å². The molecule has 0 bridgehead atoms. The molecule has 0 spiro atoms. The van der Waals surface area contributed by atoms with E-state index in [-0.39, 0.29) is 0 Å². The van der Waals surface area contributed by atoms with E-state index in [1.165, 1.54) is 43.4 Å². The third-order valence-electron chi connectivity index (χ3n) is 10.3. The van der Waals surface area contributed by atoms with Gasteiger partial charge in [-0.2, -0.15) is 0 Å². The molecule has 2 aromatic heterocycles. The third-order valence-corrected chi connectivity index (χ3v) is 10.3. The van der Waals surface area contributed by atoms with Gasteiger partial charge in [-0.25, -0.2) is 4.98 Å². The van der Waals surface area contributed by atoms with E-state index in [0.29, 0.717) is 0 Å². The molecule has 0 aliphatic heterocycles. The van der Waals surface area contributed by atoms with Gasteiger partial charge >= 0.3 is 0 Å². The summed E-state index contributed by atoms with van der Waals surface area (Å²) in [6.45, 7) is 0. The van der Waals surface area contributed by atoms with Crippen LogP contribution in [-0.4, -0.2) is 9.97 Å². The highest BCUT2D eigenvalue weighted by Gasteiger charge is 2.16. The zero-order valence-corrected chi connectivity index (χ0v) is 28.9. The van der Waals surface area contributed by atoms with Crippen LogP contribution in [0.5, 0.6) is 0 Å². The van der Waals surface area contributed by atoms with Gasteiger partial charge in [0.2, 0.25) is 0 Å². The lowest BCUT2D eigenvalue weighted by Gasteiger charge is -2.26. The van der Waals surface area contributed by atoms with E-state index < -0.39 is 0 Å². The van der Waals surface area contributed by atoms with Crippen molar-refractivity contribution in [3.05, 3.63) is 200 Å². The number of rotatable bonds is 6. The van der Waals surface area contributed by atoms with Gasteiger partial charge < -0.3 is 4.90 Å². The normalized spacial score (nSPS) is 11.4. The van der Waals surface area contributed by atoms with Crippen LogP contribution in [0.1, 0.15) is 0 Å². The molecule has 0 atom stereocenters. The Morgan fingerprint density at radius 2 is 0.849 bits per heavy atom. The van der Waals surface area contributed by atoms with Crippen molar-refractivity contribution in [3.63, 3.8) is 0 Å². The SMILES string of the molecule is c1ccc(-c2nc(-c3ccc(N(c4ccccc4)c4ccc(-c5ccc6c7ccccc7c7ccccc7c6c5)cc4)cc3)cc3cccnc23)cc1. The molecule has 3 nitrogen and oxygen atoms in total. The quantitative estimate of drug-likeness (QED) is 0.164. The molecule has 0 aliphatic carbocycles. The first kappa shape index (κ1) is 30.7. The van der Waals surface area contributed by atoms with Gasteiger partial charge in [0, 0.05) is 39.8 Å². The van der Waals surface area contributed by atoms with Gasteiger partial charge in [-0.15, -0.1) is 0 Å². The fraction of sp³-hybridized carbons (Fsp3) is 0. The van der Waals surface area contributed by atoms with Gasteiger partial charge in [0.1, 0.15) is 0 Å². The van der Waals surface area contributed by atoms with Crippen LogP contribution in [0.3, 0.4) is 0 Å². The number of hydrogen-bond donors (Lipinski definition) is 0. The zero-order chi connectivity index (χ0) is 35.1. The van der Waals surface area contributed by atoms with Crippen LogP contribution in [0.2, 0.25) is 0 Å². The molecule has 10 rings (SSSR count). The minimum absolute atomic E-state index is 0.890. The summed E-state index contributed by atoms with van der Waals surface area (Å²) in [6, 6.07) is 69.1. The molecule has 0 fully saturated rings. The maximum Gasteiger partial charge on any atom is 0.0972 e. The standard InChI is InChI=1S/C50H33N3/c1-3-12-36(13-4-1)50-49-38(14-11-31-51-49)33-48(52-50)35-23-28-41(29-24-35)53(39-15-5-2-6-16-39)40-26-21-34(22-27-40)37-25-30-46-44-19-8-7-17-42(44)43-18-9-10-20-45(43)47(46)32-37/h1-33H. The molecule has 53 heavy (non-hydrogen) atoms. The number of para-hydroxylation sites is 1. The van der Waals surface area contributed by atoms with Crippen LogP contribution in [0.25, 0.3) is 76.9 Å². The second-order valence-corrected chi connectivity index (χ2v) is 13.4. The summed E-state index contributed by atoms with van der Waals surface area (Å²) in [5, 5.41) is 8.79. The average Bonchev–Trinajstić information content (AvgIpc) is 3.24. The third kappa shape index (κ3) is 5.47. The highest BCUT2D eigenvalue weighted by atomic mass is 15.1. The number of nitrogens with zero attached hydrogens (tertiary/aromatic N) is 3. The van der Waals surface area contributed by atoms with Crippen molar-refractivity contribution in [2.75, 3.05) is 4.90 Å². The van der Waals surface area contributed by atoms with Gasteiger partial charge in [-0.1, -0.05) is 140 Å². The minimum Gasteiger partial charge on any atom is -0.311 e. The number of hydrogen-bond acceptors (Lipinski definition) is 3. The number of anilines is 3. The molecule has 0 amide bonds. The predicted molar refractivity (Wildman–Crippen MR) is 223 cm³/mol. The fourth-order valence-corrected chi connectivity index (χ4v) is 7.73. The number of aromatic nitrogens is 2. The van der Waals surface area contributed by atoms with E-state index >= 15 is 0 Å². The van der Waals surface area contributed by atoms with Crippen LogP contribution in [-0.2, 0) is 0 Å². The first-order chi connectivity index (χ1) is 26.3. The summed E-state index contributed by atoms with van der Waals surface area (Å²) in [5.74, 6) is 0. The van der Waals surface area contributed by atoms with Crippen LogP contribution in [0.4, 0.5) is 17.1 Å². The topological polar surface area (TPSA) is 29.0 Å². The molecule has 248 valence electrons. The van der Waals surface area contributed by atoms with Gasteiger partial charge in [-0.3, -0.25) is 4.98 Å². The Labute approximate surface area is 308 Å². The van der Waals surface area contributed by atoms with Crippen LogP contribution < -0.4 is 4.90 Å². The Hall–Kier alpha value is -7.10. The first-order valence-corrected chi connectivity index (χ1v) is 18.0. The lowest BCUT2D eigenvalue weighted by Crippen LogP contribution is -2.09. The van der Waals surface area contributed by atoms with Crippen LogP contribution in [0, 0.1) is 0 Å². The van der Waals surface area contributed by atoms with Crippen LogP contribution >= 0.6 is 0 Å². The fourth-order valence-electron chi connectivity index (χ4n) is 7.73. The molecule has 10 aromatic rings. The average molecular weight is 676 g/mol. The minimum atomic E-state index is 0.890. The lowest BCUT2D eigenvalue weighted by molar-refractivity contribution is 1.28. The summed E-state index contributed by atoms with van der Waals surface area (Å²) in [6.07, 6.45) is 1.83. The maximum atomic E-state index is 5.15. The molecule has 0 N–H and O–H groups in total. The Balaban J connectivity index is 1.02. The maximum absolute atomic E-state index is 5.15. The van der Waals surface area contributed by atoms with Gasteiger partial charge in [0.05, 0.1) is 16.9 Å². The monoisotopic (exact) mass is 675 g/mol. The second-order valence-electron chi connectivity index (χ2n) is 13.4. The van der Waals surface area contributed by atoms with E-state index in [1.54, 1.807) is 0 Å². The molecule has 0 saturated heterocycles. The second kappa shape index (κ2) is 12.9. The van der Waals surface area contributed by atoms with E-state index in [0.717, 1.165) is 50.5 Å². The van der Waals surface area contributed by atoms with Crippen molar-refractivity contribution in [1.29, 1.82) is 0 Å². The van der Waals surface area contributed by atoms with Gasteiger partial charge in [-0.05, 0) is 98.0 Å². The van der Waals surface area contributed by atoms with Crippen molar-refractivity contribution in [1.82, 2.24) is 9.97 Å². The molecule has 0 radical (unpaired) electrons. The molecule has 0 unspecified atom stereocenters. The van der Waals surface area contributed by atoms with Gasteiger partial charge in [0.25, 0.3) is 0 Å². The Morgan fingerprint density at radius 1 is 0.340 bits per heavy atom. The Kier molecular flexibility index (Phi) is 7.47. The summed E-state index contributed by atoms with van der Waals surface area (Å²) >= 11 is 0. The van der Waals surface area contributed by atoms with E-state index in [9.17, 15) is 0 Å². The number of fused-ring (bicyclic) bond motifs is 7. The summed E-state index contributed by atoms with van der Waals surface area (Å²) in [7, 11) is 0. The first-order valence-electron chi connectivity index (χ1n) is 18.0. The Bertz CT molecular complexity index is 2880. The zero-order valence-electron chi connectivity index (χ0n) is 28.9. The molecular formula is C50H33N3. The van der Waals surface area contributed by atoms with E-state index in [2.05, 4.69) is 180 Å². The molecule has 8 aromatic carbocycles. The Morgan fingerprint density at radius 3 is 1.49 bits per heavy atom. The van der Waals surface area contributed by atoms with Crippen molar-refractivity contribution in [2.45, 2.75) is 0 Å². The predicted octanol–water partition coefficient (Wildman–Crippen LogP) is 13.6. The highest BCUT2D eigenvalue weighted by molar-refractivity contribution is 6.25. The molecule has 0 saturated carbocycles. The summed E-state index contributed by atoms with van der Waals surface area (Å²) < 4.78 is 0. The molecule has 0 aliphatic rings. The van der Waals surface area contributed by atoms with E-state index in [4.69, 9.17) is 4.98 Å². The lowest BCUT2D eigenvalue weighted by atomic mass is 9.92.